The molecule has 0 atom stereocenters. The Morgan fingerprint density at radius 3 is 2.50 bits per heavy atom. The predicted molar refractivity (Wildman–Crippen MR) is 82.0 cm³/mol. The molecule has 1 heterocycles. The molecule has 0 N–H and O–H groups in total. The number of benzene rings is 1. The molecule has 0 fully saturated rings. The zero-order valence-corrected chi connectivity index (χ0v) is 12.5. The van der Waals surface area contributed by atoms with E-state index in [-0.39, 0.29) is 6.10 Å². The predicted octanol–water partition coefficient (Wildman–Crippen LogP) is 4.02. The fraction of sp³-hybridized carbons (Fsp3) is 0.412. The lowest BCUT2D eigenvalue weighted by atomic mass is 10.2. The molecule has 2 aromatic rings. The van der Waals surface area contributed by atoms with Crippen molar-refractivity contribution in [3.63, 3.8) is 0 Å². The molecular weight excluding hydrogens is 250 g/mol. The van der Waals surface area contributed by atoms with E-state index in [1.165, 1.54) is 11.3 Å². The topological polar surface area (TPSA) is 25.6 Å². The van der Waals surface area contributed by atoms with Crippen LogP contribution in [-0.2, 0) is 11.3 Å². The molecule has 0 aliphatic heterocycles. The van der Waals surface area contributed by atoms with Gasteiger partial charge >= 0.3 is 0 Å². The molecule has 0 radical (unpaired) electrons. The summed E-state index contributed by atoms with van der Waals surface area (Å²) in [4.78, 5) is 2.28. The minimum atomic E-state index is 0.262. The summed E-state index contributed by atoms with van der Waals surface area (Å²) in [6.07, 6.45) is 1.98. The number of ether oxygens (including phenoxy) is 1. The van der Waals surface area contributed by atoms with Gasteiger partial charge in [-0.05, 0) is 45.0 Å². The molecule has 1 aromatic carbocycles. The summed E-state index contributed by atoms with van der Waals surface area (Å²) in [5, 5.41) is 0. The first-order valence-corrected chi connectivity index (χ1v) is 7.11. The van der Waals surface area contributed by atoms with Crippen molar-refractivity contribution in [2.24, 2.45) is 0 Å². The van der Waals surface area contributed by atoms with Gasteiger partial charge in [-0.2, -0.15) is 0 Å². The van der Waals surface area contributed by atoms with Crippen LogP contribution >= 0.6 is 0 Å². The molecule has 0 unspecified atom stereocenters. The number of hydrogen-bond donors (Lipinski definition) is 0. The van der Waals surface area contributed by atoms with Crippen LogP contribution in [0.2, 0.25) is 0 Å². The van der Waals surface area contributed by atoms with E-state index in [0.29, 0.717) is 6.61 Å². The Bertz CT molecular complexity index is 488. The van der Waals surface area contributed by atoms with Gasteiger partial charge < -0.3 is 14.1 Å². The van der Waals surface area contributed by atoms with Gasteiger partial charge in [0.15, 0.2) is 0 Å². The molecule has 0 amide bonds. The smallest absolute Gasteiger partial charge is 0.123 e. The first-order valence-electron chi connectivity index (χ1n) is 7.11. The Morgan fingerprint density at radius 2 is 1.90 bits per heavy atom. The molecule has 0 aliphatic rings. The highest BCUT2D eigenvalue weighted by Crippen LogP contribution is 2.18. The van der Waals surface area contributed by atoms with Gasteiger partial charge in [-0.15, -0.1) is 0 Å². The van der Waals surface area contributed by atoms with E-state index in [4.69, 9.17) is 9.15 Å². The summed E-state index contributed by atoms with van der Waals surface area (Å²) >= 11 is 0. The van der Waals surface area contributed by atoms with Crippen molar-refractivity contribution in [2.75, 3.05) is 18.1 Å². The van der Waals surface area contributed by atoms with Crippen molar-refractivity contribution in [2.45, 2.75) is 33.4 Å². The van der Waals surface area contributed by atoms with E-state index in [2.05, 4.69) is 49.9 Å². The average molecular weight is 273 g/mol. The molecule has 0 saturated carbocycles. The van der Waals surface area contributed by atoms with Crippen LogP contribution in [0.25, 0.3) is 0 Å². The first kappa shape index (κ1) is 14.7. The van der Waals surface area contributed by atoms with Crippen molar-refractivity contribution in [1.82, 2.24) is 0 Å². The maximum absolute atomic E-state index is 5.66. The van der Waals surface area contributed by atoms with Crippen molar-refractivity contribution in [3.8, 4) is 0 Å². The number of furan rings is 1. The third kappa shape index (κ3) is 4.42. The standard InChI is InChI=1S/C17H23NO2/c1-14(2)19-12-10-18(13-17-5-4-11-20-17)16-8-6-15(3)7-9-16/h4-9,11,14H,10,12-13H2,1-3H3. The van der Waals surface area contributed by atoms with E-state index >= 15 is 0 Å². The summed E-state index contributed by atoms with van der Waals surface area (Å²) in [5.41, 5.74) is 2.46. The number of hydrogen-bond acceptors (Lipinski definition) is 3. The second kappa shape index (κ2) is 7.15. The second-order valence-corrected chi connectivity index (χ2v) is 5.26. The Kier molecular flexibility index (Phi) is 5.24. The lowest BCUT2D eigenvalue weighted by Gasteiger charge is -2.24. The zero-order valence-electron chi connectivity index (χ0n) is 12.5. The molecule has 20 heavy (non-hydrogen) atoms. The quantitative estimate of drug-likeness (QED) is 0.762. The highest BCUT2D eigenvalue weighted by Gasteiger charge is 2.09. The van der Waals surface area contributed by atoms with E-state index in [1.54, 1.807) is 6.26 Å². The largest absolute Gasteiger partial charge is 0.467 e. The molecule has 0 saturated heterocycles. The Labute approximate surface area is 121 Å². The second-order valence-electron chi connectivity index (χ2n) is 5.26. The first-order chi connectivity index (χ1) is 9.65. The number of nitrogens with zero attached hydrogens (tertiary/aromatic N) is 1. The molecule has 0 spiro atoms. The maximum Gasteiger partial charge on any atom is 0.123 e. The Morgan fingerprint density at radius 1 is 1.15 bits per heavy atom. The van der Waals surface area contributed by atoms with Crippen LogP contribution in [0, 0.1) is 6.92 Å². The van der Waals surface area contributed by atoms with E-state index in [0.717, 1.165) is 18.8 Å². The normalized spacial score (nSPS) is 11.0. The van der Waals surface area contributed by atoms with Crippen LogP contribution in [-0.4, -0.2) is 19.3 Å². The summed E-state index contributed by atoms with van der Waals surface area (Å²) < 4.78 is 11.1. The zero-order chi connectivity index (χ0) is 14.4. The van der Waals surface area contributed by atoms with Gasteiger partial charge in [0.1, 0.15) is 5.76 Å². The van der Waals surface area contributed by atoms with Crippen LogP contribution in [0.3, 0.4) is 0 Å². The number of rotatable bonds is 7. The minimum absolute atomic E-state index is 0.262. The van der Waals surface area contributed by atoms with E-state index in [1.807, 2.05) is 12.1 Å². The van der Waals surface area contributed by atoms with Crippen LogP contribution in [0.15, 0.2) is 47.1 Å². The van der Waals surface area contributed by atoms with Gasteiger partial charge in [0, 0.05) is 12.2 Å². The molecule has 0 bridgehead atoms. The van der Waals surface area contributed by atoms with Gasteiger partial charge in [-0.1, -0.05) is 17.7 Å². The van der Waals surface area contributed by atoms with Crippen molar-refractivity contribution in [1.29, 1.82) is 0 Å². The Hall–Kier alpha value is -1.74. The van der Waals surface area contributed by atoms with Crippen LogP contribution in [0.4, 0.5) is 5.69 Å². The van der Waals surface area contributed by atoms with E-state index < -0.39 is 0 Å². The van der Waals surface area contributed by atoms with Crippen LogP contribution in [0.5, 0.6) is 0 Å². The highest BCUT2D eigenvalue weighted by molar-refractivity contribution is 5.47. The number of aryl methyl sites for hydroxylation is 1. The molecule has 108 valence electrons. The van der Waals surface area contributed by atoms with Crippen LogP contribution in [0.1, 0.15) is 25.2 Å². The van der Waals surface area contributed by atoms with Gasteiger partial charge in [0.05, 0.1) is 25.5 Å². The summed E-state index contributed by atoms with van der Waals surface area (Å²) in [6.45, 7) is 8.54. The maximum atomic E-state index is 5.66. The third-order valence-corrected chi connectivity index (χ3v) is 3.14. The van der Waals surface area contributed by atoms with E-state index in [9.17, 15) is 0 Å². The van der Waals surface area contributed by atoms with Crippen molar-refractivity contribution < 1.29 is 9.15 Å². The lowest BCUT2D eigenvalue weighted by molar-refractivity contribution is 0.0838. The molecule has 0 aliphatic carbocycles. The summed E-state index contributed by atoms with van der Waals surface area (Å²) in [6, 6.07) is 12.5. The van der Waals surface area contributed by atoms with Gasteiger partial charge in [-0.25, -0.2) is 0 Å². The molecule has 1 aromatic heterocycles. The lowest BCUT2D eigenvalue weighted by Crippen LogP contribution is -2.27. The average Bonchev–Trinajstić information content (AvgIpc) is 2.91. The van der Waals surface area contributed by atoms with Gasteiger partial charge in [0.2, 0.25) is 0 Å². The molecule has 3 nitrogen and oxygen atoms in total. The molecule has 2 rings (SSSR count). The van der Waals surface area contributed by atoms with Crippen LogP contribution < -0.4 is 4.90 Å². The minimum Gasteiger partial charge on any atom is -0.467 e. The number of anilines is 1. The summed E-state index contributed by atoms with van der Waals surface area (Å²) in [7, 11) is 0. The van der Waals surface area contributed by atoms with Crippen molar-refractivity contribution in [3.05, 3.63) is 54.0 Å². The molecular formula is C17H23NO2. The highest BCUT2D eigenvalue weighted by atomic mass is 16.5. The SMILES string of the molecule is Cc1ccc(N(CCOC(C)C)Cc2ccco2)cc1. The summed E-state index contributed by atoms with van der Waals surface area (Å²) in [5.74, 6) is 0.968. The Balaban J connectivity index is 2.04. The molecule has 3 heteroatoms. The van der Waals surface area contributed by atoms with Gasteiger partial charge in [-0.3, -0.25) is 0 Å². The monoisotopic (exact) mass is 273 g/mol. The van der Waals surface area contributed by atoms with Crippen molar-refractivity contribution >= 4 is 5.69 Å². The fourth-order valence-corrected chi connectivity index (χ4v) is 2.04. The van der Waals surface area contributed by atoms with Gasteiger partial charge in [0.25, 0.3) is 0 Å². The third-order valence-electron chi connectivity index (χ3n) is 3.14. The fourth-order valence-electron chi connectivity index (χ4n) is 2.04.